The molecule has 7 aliphatic rings. The van der Waals surface area contributed by atoms with Gasteiger partial charge < -0.3 is 54.3 Å². The Hall–Kier alpha value is -1.19. The Labute approximate surface area is 327 Å². The number of carbonyl (C=O) groups is 1. The van der Waals surface area contributed by atoms with Crippen molar-refractivity contribution in [2.45, 2.75) is 181 Å². The second kappa shape index (κ2) is 14.5. The number of aliphatic hydroxyl groups is 6. The van der Waals surface area contributed by atoms with E-state index in [4.69, 9.17) is 23.7 Å². The topological polar surface area (TPSA) is 185 Å². The minimum absolute atomic E-state index is 0.0119. The van der Waals surface area contributed by atoms with Gasteiger partial charge >= 0.3 is 5.97 Å². The van der Waals surface area contributed by atoms with Gasteiger partial charge in [0.1, 0.15) is 42.7 Å². The number of hydrogen-bond acceptors (Lipinski definition) is 12. The number of aliphatic hydroxyl groups excluding tert-OH is 6. The number of carbonyl (C=O) groups excluding carboxylic acids is 1. The van der Waals surface area contributed by atoms with Crippen LogP contribution in [0, 0.1) is 56.7 Å². The second-order valence-electron chi connectivity index (χ2n) is 20.3. The zero-order valence-corrected chi connectivity index (χ0v) is 34.5. The first kappa shape index (κ1) is 42.0. The van der Waals surface area contributed by atoms with Crippen LogP contribution in [0.1, 0.15) is 113 Å². The van der Waals surface area contributed by atoms with Crippen LogP contribution < -0.4 is 0 Å². The van der Waals surface area contributed by atoms with Crippen molar-refractivity contribution in [1.29, 1.82) is 0 Å². The molecular formula is C43H70O12. The Morgan fingerprint density at radius 3 is 2.13 bits per heavy atom. The fourth-order valence-electron chi connectivity index (χ4n) is 14.0. The summed E-state index contributed by atoms with van der Waals surface area (Å²) in [4.78, 5) is 13.7. The fourth-order valence-corrected chi connectivity index (χ4v) is 14.0. The molecule has 2 aliphatic heterocycles. The Morgan fingerprint density at radius 2 is 1.45 bits per heavy atom. The molecule has 4 saturated carbocycles. The molecule has 0 spiro atoms. The molecule has 6 fully saturated rings. The summed E-state index contributed by atoms with van der Waals surface area (Å²) in [5, 5.41) is 63.9. The molecule has 12 heteroatoms. The second-order valence-corrected chi connectivity index (χ2v) is 20.3. The summed E-state index contributed by atoms with van der Waals surface area (Å²) in [7, 11) is 1.56. The Balaban J connectivity index is 1.10. The van der Waals surface area contributed by atoms with E-state index < -0.39 is 73.4 Å². The average molecular weight is 779 g/mol. The van der Waals surface area contributed by atoms with Gasteiger partial charge in [-0.2, -0.15) is 0 Å². The minimum Gasteiger partial charge on any atom is -0.469 e. The van der Waals surface area contributed by atoms with Gasteiger partial charge in [0.2, 0.25) is 0 Å². The Morgan fingerprint density at radius 1 is 0.782 bits per heavy atom. The Bertz CT molecular complexity index is 1470. The van der Waals surface area contributed by atoms with E-state index >= 15 is 0 Å². The first-order valence-corrected chi connectivity index (χ1v) is 21.2. The van der Waals surface area contributed by atoms with Crippen LogP contribution in [0.15, 0.2) is 11.6 Å². The quantitative estimate of drug-likeness (QED) is 0.130. The minimum atomic E-state index is -1.63. The van der Waals surface area contributed by atoms with Gasteiger partial charge in [-0.3, -0.25) is 4.79 Å². The van der Waals surface area contributed by atoms with Crippen LogP contribution in [0.5, 0.6) is 0 Å². The summed E-state index contributed by atoms with van der Waals surface area (Å²) in [6.07, 6.45) is -2.80. The fraction of sp³-hybridized carbons (Fsp3) is 0.930. The zero-order chi connectivity index (χ0) is 40.2. The van der Waals surface area contributed by atoms with Gasteiger partial charge in [-0.1, -0.05) is 60.1 Å². The van der Waals surface area contributed by atoms with E-state index in [9.17, 15) is 35.4 Å². The van der Waals surface area contributed by atoms with E-state index in [2.05, 4.69) is 54.5 Å². The van der Waals surface area contributed by atoms with E-state index in [-0.39, 0.29) is 39.7 Å². The lowest BCUT2D eigenvalue weighted by atomic mass is 9.33. The van der Waals surface area contributed by atoms with Gasteiger partial charge in [-0.25, -0.2) is 0 Å². The lowest BCUT2D eigenvalue weighted by Crippen LogP contribution is -2.67. The summed E-state index contributed by atoms with van der Waals surface area (Å²) in [6, 6.07) is 0. The van der Waals surface area contributed by atoms with Crippen LogP contribution in [0.25, 0.3) is 0 Å². The van der Waals surface area contributed by atoms with Crippen molar-refractivity contribution in [3.63, 3.8) is 0 Å². The molecule has 0 amide bonds. The van der Waals surface area contributed by atoms with Crippen molar-refractivity contribution >= 4 is 5.97 Å². The number of esters is 1. The Kier molecular flexibility index (Phi) is 11.1. The molecule has 55 heavy (non-hydrogen) atoms. The molecule has 0 aromatic carbocycles. The average Bonchev–Trinajstić information content (AvgIpc) is 3.14. The van der Waals surface area contributed by atoms with Crippen molar-refractivity contribution < 1.29 is 59.1 Å². The molecule has 0 aromatic rings. The maximum absolute atomic E-state index is 13.7. The van der Waals surface area contributed by atoms with E-state index in [1.807, 2.05) is 0 Å². The highest BCUT2D eigenvalue weighted by atomic mass is 16.7. The maximum Gasteiger partial charge on any atom is 0.312 e. The summed E-state index contributed by atoms with van der Waals surface area (Å²) in [5.41, 5.74) is 0.782. The van der Waals surface area contributed by atoms with Crippen molar-refractivity contribution in [3.8, 4) is 0 Å². The van der Waals surface area contributed by atoms with Gasteiger partial charge in [0, 0.05) is 0 Å². The molecule has 20 atom stereocenters. The van der Waals surface area contributed by atoms with Crippen LogP contribution in [-0.4, -0.2) is 118 Å². The van der Waals surface area contributed by atoms with Gasteiger partial charge in [0.25, 0.3) is 0 Å². The van der Waals surface area contributed by atoms with E-state index in [1.54, 1.807) is 7.11 Å². The molecule has 0 bridgehead atoms. The lowest BCUT2D eigenvalue weighted by Gasteiger charge is -2.71. The standard InChI is InChI=1S/C43H70O12/c1-21-12-17-43(38(50)51-9)19-18-41(7)24(29(43)22(21)2)10-11-27-40(6)15-14-28(39(4,5)26(40)13-16-42(27,41)8)54-37-34(49)32(47)35(25(20-44)53-37)55-36-33(48)31(46)30(45)23(3)52-36/h10,21-23,25-37,44-49H,11-20H2,1-9H3/t21-,22+,23+,25-,26+,27-,28+,29+,30+,31-,32-,33-,34-,35-,36+,37+,40+,41-,42-,43+/m1/s1. The third-order valence-electron chi connectivity index (χ3n) is 17.7. The molecular weight excluding hydrogens is 708 g/mol. The van der Waals surface area contributed by atoms with Crippen molar-refractivity contribution in [2.75, 3.05) is 13.7 Å². The molecule has 0 aromatic heterocycles. The van der Waals surface area contributed by atoms with Gasteiger partial charge in [-0.05, 0) is 116 Å². The number of allylic oxidation sites excluding steroid dienone is 2. The summed E-state index contributed by atoms with van der Waals surface area (Å²) >= 11 is 0. The molecule has 0 radical (unpaired) electrons. The van der Waals surface area contributed by atoms with Crippen LogP contribution in [0.4, 0.5) is 0 Å². The van der Waals surface area contributed by atoms with Crippen LogP contribution in [0.3, 0.4) is 0 Å². The molecule has 0 unspecified atom stereocenters. The molecule has 5 aliphatic carbocycles. The smallest absolute Gasteiger partial charge is 0.312 e. The van der Waals surface area contributed by atoms with E-state index in [0.29, 0.717) is 23.7 Å². The normalized spacial score (nSPS) is 54.9. The summed E-state index contributed by atoms with van der Waals surface area (Å²) < 4.78 is 29.7. The molecule has 6 N–H and O–H groups in total. The van der Waals surface area contributed by atoms with Crippen LogP contribution >= 0.6 is 0 Å². The highest BCUT2D eigenvalue weighted by Gasteiger charge is 2.70. The SMILES string of the molecule is COC(=O)[C@]12CC[C@@H](C)[C@H](C)[C@H]1C1=CC[C@@H]3[C@@]4(C)CC[C@H](O[C@@H]5O[C@H](CO)[C@@H](O[C@@H]6O[C@@H](C)[C@H](O)[C@@H](O)[C@H]6O)[C@H](O)[C@H]5O)C(C)(C)[C@@H]4CC[C@@]3(C)[C@]1(C)CC2. The van der Waals surface area contributed by atoms with Crippen LogP contribution in [0.2, 0.25) is 0 Å². The van der Waals surface area contributed by atoms with Crippen molar-refractivity contribution in [1.82, 2.24) is 0 Å². The number of fused-ring (bicyclic) bond motifs is 7. The number of methoxy groups -OCH3 is 1. The van der Waals surface area contributed by atoms with Gasteiger partial charge in [0.15, 0.2) is 12.6 Å². The largest absolute Gasteiger partial charge is 0.469 e. The van der Waals surface area contributed by atoms with Crippen molar-refractivity contribution in [2.24, 2.45) is 56.7 Å². The molecule has 2 saturated heterocycles. The van der Waals surface area contributed by atoms with Gasteiger partial charge in [-0.15, -0.1) is 0 Å². The molecule has 12 nitrogen and oxygen atoms in total. The van der Waals surface area contributed by atoms with Crippen LogP contribution in [-0.2, 0) is 28.5 Å². The predicted octanol–water partition coefficient (Wildman–Crippen LogP) is 3.85. The van der Waals surface area contributed by atoms with Gasteiger partial charge in [0.05, 0.1) is 31.3 Å². The predicted molar refractivity (Wildman–Crippen MR) is 201 cm³/mol. The lowest BCUT2D eigenvalue weighted by molar-refractivity contribution is -0.366. The monoisotopic (exact) mass is 778 g/mol. The molecule has 7 rings (SSSR count). The number of hydrogen-bond donors (Lipinski definition) is 6. The zero-order valence-electron chi connectivity index (χ0n) is 34.5. The van der Waals surface area contributed by atoms with E-state index in [1.165, 1.54) is 12.5 Å². The summed E-state index contributed by atoms with van der Waals surface area (Å²) in [5.74, 6) is 1.86. The highest BCUT2D eigenvalue weighted by molar-refractivity contribution is 5.78. The number of ether oxygens (including phenoxy) is 5. The third-order valence-corrected chi connectivity index (χ3v) is 17.7. The molecule has 2 heterocycles. The first-order chi connectivity index (χ1) is 25.7. The third kappa shape index (κ3) is 6.07. The first-order valence-electron chi connectivity index (χ1n) is 21.2. The maximum atomic E-state index is 13.7. The highest BCUT2D eigenvalue weighted by Crippen LogP contribution is 2.76. The number of rotatable bonds is 6. The molecule has 314 valence electrons. The van der Waals surface area contributed by atoms with E-state index in [0.717, 1.165) is 57.8 Å². The van der Waals surface area contributed by atoms with Crippen molar-refractivity contribution in [3.05, 3.63) is 11.6 Å². The summed E-state index contributed by atoms with van der Waals surface area (Å²) in [6.45, 7) is 17.7.